The van der Waals surface area contributed by atoms with Crippen LogP contribution in [0.1, 0.15) is 65.2 Å². The Morgan fingerprint density at radius 3 is 2.33 bits per heavy atom. The predicted molar refractivity (Wildman–Crippen MR) is 72.1 cm³/mol. The minimum atomic E-state index is -0.705. The van der Waals surface area contributed by atoms with E-state index in [0.717, 1.165) is 32.1 Å². The molecule has 18 heavy (non-hydrogen) atoms. The van der Waals surface area contributed by atoms with Crippen molar-refractivity contribution < 1.29 is 9.53 Å². The van der Waals surface area contributed by atoms with Gasteiger partial charge in [0.1, 0.15) is 11.6 Å². The molecule has 0 aromatic heterocycles. The third-order valence-electron chi connectivity index (χ3n) is 4.86. The summed E-state index contributed by atoms with van der Waals surface area (Å²) in [7, 11) is 0. The van der Waals surface area contributed by atoms with Crippen LogP contribution in [0.3, 0.4) is 0 Å². The Hall–Kier alpha value is -0.570. The number of ether oxygens (including phenoxy) is 1. The fourth-order valence-electron chi connectivity index (χ4n) is 3.19. The molecule has 104 valence electrons. The van der Waals surface area contributed by atoms with E-state index in [9.17, 15) is 4.79 Å². The van der Waals surface area contributed by atoms with E-state index in [4.69, 9.17) is 10.5 Å². The molecule has 2 aliphatic rings. The summed E-state index contributed by atoms with van der Waals surface area (Å²) in [5, 5.41) is 0. The standard InChI is InChI=1S/C15H27NO2/c1-11-7-9-15(16,10-8-11)14(17)18-13-6-4-3-5-12(13)2/h11-13H,3-10,16H2,1-2H3. The van der Waals surface area contributed by atoms with Gasteiger partial charge in [0.15, 0.2) is 0 Å². The van der Waals surface area contributed by atoms with Gasteiger partial charge in [0.05, 0.1) is 0 Å². The van der Waals surface area contributed by atoms with E-state index in [-0.39, 0.29) is 12.1 Å². The van der Waals surface area contributed by atoms with E-state index in [1.165, 1.54) is 19.3 Å². The molecule has 2 saturated carbocycles. The molecular weight excluding hydrogens is 226 g/mol. The second-order valence-electron chi connectivity index (χ2n) is 6.54. The maximum absolute atomic E-state index is 12.3. The molecule has 2 rings (SSSR count). The lowest BCUT2D eigenvalue weighted by Gasteiger charge is -2.37. The highest BCUT2D eigenvalue weighted by Crippen LogP contribution is 2.33. The van der Waals surface area contributed by atoms with Crippen LogP contribution in [0.15, 0.2) is 0 Å². The van der Waals surface area contributed by atoms with Crippen LogP contribution in [0.25, 0.3) is 0 Å². The average molecular weight is 253 g/mol. The Morgan fingerprint density at radius 1 is 1.11 bits per heavy atom. The van der Waals surface area contributed by atoms with Crippen LogP contribution >= 0.6 is 0 Å². The van der Waals surface area contributed by atoms with Crippen LogP contribution in [0, 0.1) is 11.8 Å². The summed E-state index contributed by atoms with van der Waals surface area (Å²) >= 11 is 0. The van der Waals surface area contributed by atoms with Gasteiger partial charge in [0, 0.05) is 0 Å². The molecule has 0 radical (unpaired) electrons. The number of hydrogen-bond donors (Lipinski definition) is 1. The molecule has 2 N–H and O–H groups in total. The van der Waals surface area contributed by atoms with Crippen LogP contribution in [-0.4, -0.2) is 17.6 Å². The molecule has 2 fully saturated rings. The van der Waals surface area contributed by atoms with Gasteiger partial charge < -0.3 is 10.5 Å². The van der Waals surface area contributed by atoms with E-state index in [1.54, 1.807) is 0 Å². The van der Waals surface area contributed by atoms with Crippen molar-refractivity contribution in [3.05, 3.63) is 0 Å². The van der Waals surface area contributed by atoms with Crippen molar-refractivity contribution in [1.29, 1.82) is 0 Å². The molecule has 0 spiro atoms. The first kappa shape index (κ1) is 13.9. The monoisotopic (exact) mass is 253 g/mol. The van der Waals surface area contributed by atoms with Gasteiger partial charge in [-0.3, -0.25) is 4.79 Å². The second kappa shape index (κ2) is 5.60. The number of carbonyl (C=O) groups is 1. The first-order valence-corrected chi connectivity index (χ1v) is 7.51. The summed E-state index contributed by atoms with van der Waals surface area (Å²) in [5.74, 6) is 1.05. The smallest absolute Gasteiger partial charge is 0.326 e. The zero-order valence-electron chi connectivity index (χ0n) is 11.8. The molecule has 0 aromatic rings. The Labute approximate surface area is 110 Å². The molecule has 2 unspecified atom stereocenters. The molecule has 2 atom stereocenters. The molecule has 3 nitrogen and oxygen atoms in total. The van der Waals surface area contributed by atoms with Crippen molar-refractivity contribution in [2.45, 2.75) is 76.9 Å². The van der Waals surface area contributed by atoms with Crippen molar-refractivity contribution in [2.24, 2.45) is 17.6 Å². The summed E-state index contributed by atoms with van der Waals surface area (Å²) in [6.07, 6.45) is 8.40. The lowest BCUT2D eigenvalue weighted by atomic mass is 9.77. The molecule has 0 saturated heterocycles. The van der Waals surface area contributed by atoms with Gasteiger partial charge in [-0.25, -0.2) is 0 Å². The molecule has 0 heterocycles. The third-order valence-corrected chi connectivity index (χ3v) is 4.86. The highest BCUT2D eigenvalue weighted by Gasteiger charge is 2.40. The lowest BCUT2D eigenvalue weighted by molar-refractivity contribution is -0.161. The second-order valence-corrected chi connectivity index (χ2v) is 6.54. The Morgan fingerprint density at radius 2 is 1.72 bits per heavy atom. The summed E-state index contributed by atoms with van der Waals surface area (Å²) in [5.41, 5.74) is 5.55. The molecule has 0 amide bonds. The fourth-order valence-corrected chi connectivity index (χ4v) is 3.19. The summed E-state index contributed by atoms with van der Waals surface area (Å²) in [4.78, 5) is 12.3. The minimum absolute atomic E-state index is 0.103. The minimum Gasteiger partial charge on any atom is -0.461 e. The highest BCUT2D eigenvalue weighted by molar-refractivity contribution is 5.80. The van der Waals surface area contributed by atoms with Gasteiger partial charge in [0.2, 0.25) is 0 Å². The van der Waals surface area contributed by atoms with Gasteiger partial charge in [-0.2, -0.15) is 0 Å². The van der Waals surface area contributed by atoms with Crippen molar-refractivity contribution in [3.63, 3.8) is 0 Å². The highest BCUT2D eigenvalue weighted by atomic mass is 16.5. The van der Waals surface area contributed by atoms with Crippen LogP contribution in [0.5, 0.6) is 0 Å². The molecule has 0 bridgehead atoms. The number of rotatable bonds is 2. The van der Waals surface area contributed by atoms with Crippen LogP contribution < -0.4 is 5.73 Å². The van der Waals surface area contributed by atoms with E-state index < -0.39 is 5.54 Å². The zero-order valence-corrected chi connectivity index (χ0v) is 11.8. The van der Waals surface area contributed by atoms with Crippen LogP contribution in [-0.2, 0) is 9.53 Å². The Kier molecular flexibility index (Phi) is 4.31. The van der Waals surface area contributed by atoms with Crippen molar-refractivity contribution >= 4 is 5.97 Å². The molecular formula is C15H27NO2. The lowest BCUT2D eigenvalue weighted by Crippen LogP contribution is -2.52. The maximum Gasteiger partial charge on any atom is 0.326 e. The average Bonchev–Trinajstić information content (AvgIpc) is 2.36. The van der Waals surface area contributed by atoms with Crippen LogP contribution in [0.4, 0.5) is 0 Å². The van der Waals surface area contributed by atoms with Gasteiger partial charge in [-0.05, 0) is 56.8 Å². The molecule has 2 aliphatic carbocycles. The Balaban J connectivity index is 1.90. The number of esters is 1. The van der Waals surface area contributed by atoms with Crippen LogP contribution in [0.2, 0.25) is 0 Å². The van der Waals surface area contributed by atoms with Gasteiger partial charge in [0.25, 0.3) is 0 Å². The fraction of sp³-hybridized carbons (Fsp3) is 0.933. The maximum atomic E-state index is 12.3. The number of carbonyl (C=O) groups excluding carboxylic acids is 1. The largest absolute Gasteiger partial charge is 0.461 e. The first-order chi connectivity index (χ1) is 8.51. The van der Waals surface area contributed by atoms with E-state index in [1.807, 2.05) is 0 Å². The summed E-state index contributed by atoms with van der Waals surface area (Å²) < 4.78 is 5.72. The quantitative estimate of drug-likeness (QED) is 0.770. The molecule has 0 aliphatic heterocycles. The van der Waals surface area contributed by atoms with E-state index in [0.29, 0.717) is 11.8 Å². The van der Waals surface area contributed by atoms with E-state index >= 15 is 0 Å². The summed E-state index contributed by atoms with van der Waals surface area (Å²) in [6.45, 7) is 4.41. The number of hydrogen-bond acceptors (Lipinski definition) is 3. The van der Waals surface area contributed by atoms with Crippen molar-refractivity contribution in [1.82, 2.24) is 0 Å². The third kappa shape index (κ3) is 3.05. The van der Waals surface area contributed by atoms with Crippen molar-refractivity contribution in [3.8, 4) is 0 Å². The van der Waals surface area contributed by atoms with Gasteiger partial charge >= 0.3 is 5.97 Å². The predicted octanol–water partition coefficient (Wildman–Crippen LogP) is 3.02. The topological polar surface area (TPSA) is 52.3 Å². The van der Waals surface area contributed by atoms with Gasteiger partial charge in [-0.15, -0.1) is 0 Å². The number of nitrogens with two attached hydrogens (primary N) is 1. The SMILES string of the molecule is CC1CCC(N)(C(=O)OC2CCCCC2C)CC1. The first-order valence-electron chi connectivity index (χ1n) is 7.51. The van der Waals surface area contributed by atoms with E-state index in [2.05, 4.69) is 13.8 Å². The summed E-state index contributed by atoms with van der Waals surface area (Å²) in [6, 6.07) is 0. The van der Waals surface area contributed by atoms with Gasteiger partial charge in [-0.1, -0.05) is 20.3 Å². The van der Waals surface area contributed by atoms with Crippen molar-refractivity contribution in [2.75, 3.05) is 0 Å². The molecule has 3 heteroatoms. The molecule has 0 aromatic carbocycles. The zero-order chi connectivity index (χ0) is 13.2. The normalized spacial score (nSPS) is 41.4. The Bertz CT molecular complexity index is 295.